The molecule has 0 aromatic carbocycles. The number of likely N-dealkylation sites (N-methyl/N-ethyl adjacent to an activating group) is 1. The van der Waals surface area contributed by atoms with Crippen molar-refractivity contribution in [2.45, 2.75) is 90.2 Å². The second-order valence-corrected chi connectivity index (χ2v) is 5.85. The Hall–Kier alpha value is -0.0800. The number of hydrogen-bond donors (Lipinski definition) is 1. The average molecular weight is 255 g/mol. The van der Waals surface area contributed by atoms with E-state index in [1.807, 2.05) is 0 Å². The molecule has 1 N–H and O–H groups in total. The van der Waals surface area contributed by atoms with Crippen molar-refractivity contribution in [2.24, 2.45) is 0 Å². The van der Waals surface area contributed by atoms with E-state index in [2.05, 4.69) is 25.7 Å². The monoisotopic (exact) mass is 255 g/mol. The van der Waals surface area contributed by atoms with E-state index in [0.29, 0.717) is 0 Å². The summed E-state index contributed by atoms with van der Waals surface area (Å²) in [6, 6.07) is 0. The van der Waals surface area contributed by atoms with Gasteiger partial charge in [0.15, 0.2) is 0 Å². The minimum absolute atomic E-state index is 0.107. The SMILES string of the molecule is CCCCCCC(O)C1(N(CC)CC)CCCC1. The minimum Gasteiger partial charge on any atom is -0.391 e. The van der Waals surface area contributed by atoms with Crippen LogP contribution in [0.25, 0.3) is 0 Å². The number of aliphatic hydroxyl groups is 1. The van der Waals surface area contributed by atoms with Gasteiger partial charge in [0.2, 0.25) is 0 Å². The van der Waals surface area contributed by atoms with Gasteiger partial charge in [-0.3, -0.25) is 4.90 Å². The normalized spacial score (nSPS) is 20.5. The van der Waals surface area contributed by atoms with E-state index in [4.69, 9.17) is 0 Å². The lowest BCUT2D eigenvalue weighted by molar-refractivity contribution is -0.0301. The first-order valence-corrected chi connectivity index (χ1v) is 8.14. The molecule has 0 saturated heterocycles. The summed E-state index contributed by atoms with van der Waals surface area (Å²) in [6.45, 7) is 8.84. The molecule has 0 aliphatic heterocycles. The second kappa shape index (κ2) is 8.16. The molecule has 1 fully saturated rings. The molecule has 1 saturated carbocycles. The Bertz CT molecular complexity index is 207. The molecule has 18 heavy (non-hydrogen) atoms. The van der Waals surface area contributed by atoms with E-state index in [0.717, 1.165) is 19.5 Å². The number of rotatable bonds is 9. The van der Waals surface area contributed by atoms with Crippen LogP contribution in [0.1, 0.15) is 78.6 Å². The molecule has 0 bridgehead atoms. The van der Waals surface area contributed by atoms with Crippen molar-refractivity contribution in [1.29, 1.82) is 0 Å². The molecule has 1 aliphatic carbocycles. The Morgan fingerprint density at radius 2 is 1.61 bits per heavy atom. The van der Waals surface area contributed by atoms with Crippen LogP contribution >= 0.6 is 0 Å². The van der Waals surface area contributed by atoms with Gasteiger partial charge in [0, 0.05) is 5.54 Å². The highest BCUT2D eigenvalue weighted by Gasteiger charge is 2.43. The van der Waals surface area contributed by atoms with Gasteiger partial charge < -0.3 is 5.11 Å². The first kappa shape index (κ1) is 16.0. The third-order valence-corrected chi connectivity index (χ3v) is 4.81. The smallest absolute Gasteiger partial charge is 0.0723 e. The Morgan fingerprint density at radius 3 is 2.11 bits per heavy atom. The fourth-order valence-electron chi connectivity index (χ4n) is 3.73. The Labute approximate surface area is 114 Å². The lowest BCUT2D eigenvalue weighted by Gasteiger charge is -2.44. The maximum Gasteiger partial charge on any atom is 0.0723 e. The molecule has 1 aliphatic rings. The zero-order valence-corrected chi connectivity index (χ0v) is 12.7. The van der Waals surface area contributed by atoms with Crippen molar-refractivity contribution in [3.8, 4) is 0 Å². The van der Waals surface area contributed by atoms with Gasteiger partial charge in [-0.25, -0.2) is 0 Å². The first-order chi connectivity index (χ1) is 8.71. The number of unbranched alkanes of at least 4 members (excludes halogenated alkanes) is 3. The third-order valence-electron chi connectivity index (χ3n) is 4.81. The Balaban J connectivity index is 2.54. The van der Waals surface area contributed by atoms with Crippen LogP contribution < -0.4 is 0 Å². The molecular formula is C16H33NO. The molecule has 0 amide bonds. The Kier molecular flexibility index (Phi) is 7.25. The van der Waals surface area contributed by atoms with Crippen molar-refractivity contribution in [3.63, 3.8) is 0 Å². The lowest BCUT2D eigenvalue weighted by atomic mass is 9.85. The van der Waals surface area contributed by atoms with Crippen molar-refractivity contribution >= 4 is 0 Å². The van der Waals surface area contributed by atoms with Crippen molar-refractivity contribution in [1.82, 2.24) is 4.90 Å². The predicted molar refractivity (Wildman–Crippen MR) is 78.9 cm³/mol. The van der Waals surface area contributed by atoms with E-state index in [1.54, 1.807) is 0 Å². The van der Waals surface area contributed by atoms with Gasteiger partial charge in [0.1, 0.15) is 0 Å². The van der Waals surface area contributed by atoms with Crippen LogP contribution in [0.15, 0.2) is 0 Å². The highest BCUT2D eigenvalue weighted by molar-refractivity contribution is 4.99. The summed E-state index contributed by atoms with van der Waals surface area (Å²) in [7, 11) is 0. The summed E-state index contributed by atoms with van der Waals surface area (Å²) in [5.41, 5.74) is 0.107. The van der Waals surface area contributed by atoms with Gasteiger partial charge in [-0.15, -0.1) is 0 Å². The Morgan fingerprint density at radius 1 is 1.00 bits per heavy atom. The molecule has 1 atom stereocenters. The van der Waals surface area contributed by atoms with E-state index >= 15 is 0 Å². The first-order valence-electron chi connectivity index (χ1n) is 8.14. The summed E-state index contributed by atoms with van der Waals surface area (Å²) < 4.78 is 0. The maximum absolute atomic E-state index is 10.7. The van der Waals surface area contributed by atoms with Gasteiger partial charge in [-0.05, 0) is 32.4 Å². The largest absolute Gasteiger partial charge is 0.391 e. The molecule has 1 unspecified atom stereocenters. The summed E-state index contributed by atoms with van der Waals surface area (Å²) >= 11 is 0. The third kappa shape index (κ3) is 3.71. The van der Waals surface area contributed by atoms with Crippen LogP contribution in [-0.2, 0) is 0 Å². The molecular weight excluding hydrogens is 222 g/mol. The van der Waals surface area contributed by atoms with Crippen LogP contribution in [0.4, 0.5) is 0 Å². The predicted octanol–water partition coefficient (Wildman–Crippen LogP) is 3.97. The van der Waals surface area contributed by atoms with E-state index < -0.39 is 0 Å². The van der Waals surface area contributed by atoms with Crippen molar-refractivity contribution < 1.29 is 5.11 Å². The quantitative estimate of drug-likeness (QED) is 0.630. The summed E-state index contributed by atoms with van der Waals surface area (Å²) in [4.78, 5) is 2.52. The van der Waals surface area contributed by atoms with Gasteiger partial charge in [0.25, 0.3) is 0 Å². The highest BCUT2D eigenvalue weighted by atomic mass is 16.3. The average Bonchev–Trinajstić information content (AvgIpc) is 2.86. The van der Waals surface area contributed by atoms with Crippen LogP contribution in [0.2, 0.25) is 0 Å². The standard InChI is InChI=1S/C16H33NO/c1-4-7-8-9-12-15(18)16(13-10-11-14-16)17(5-2)6-3/h15,18H,4-14H2,1-3H3. The maximum atomic E-state index is 10.7. The zero-order chi connectivity index (χ0) is 13.4. The van der Waals surface area contributed by atoms with Gasteiger partial charge >= 0.3 is 0 Å². The van der Waals surface area contributed by atoms with E-state index in [-0.39, 0.29) is 11.6 Å². The van der Waals surface area contributed by atoms with Gasteiger partial charge in [-0.1, -0.05) is 59.3 Å². The minimum atomic E-state index is -0.114. The number of nitrogens with zero attached hydrogens (tertiary/aromatic N) is 1. The molecule has 0 radical (unpaired) electrons. The van der Waals surface area contributed by atoms with Crippen molar-refractivity contribution in [3.05, 3.63) is 0 Å². The van der Waals surface area contributed by atoms with E-state index in [1.165, 1.54) is 51.4 Å². The highest BCUT2D eigenvalue weighted by Crippen LogP contribution is 2.39. The van der Waals surface area contributed by atoms with Crippen molar-refractivity contribution in [2.75, 3.05) is 13.1 Å². The molecule has 0 aromatic rings. The molecule has 2 nitrogen and oxygen atoms in total. The van der Waals surface area contributed by atoms with Crippen LogP contribution in [-0.4, -0.2) is 34.7 Å². The van der Waals surface area contributed by atoms with Gasteiger partial charge in [0.05, 0.1) is 6.10 Å². The number of hydrogen-bond acceptors (Lipinski definition) is 2. The second-order valence-electron chi connectivity index (χ2n) is 5.85. The summed E-state index contributed by atoms with van der Waals surface area (Å²) in [6.07, 6.45) is 10.9. The molecule has 0 heterocycles. The van der Waals surface area contributed by atoms with E-state index in [9.17, 15) is 5.11 Å². The molecule has 0 aromatic heterocycles. The molecule has 1 rings (SSSR count). The molecule has 2 heteroatoms. The fraction of sp³-hybridized carbons (Fsp3) is 1.00. The molecule has 0 spiro atoms. The fourth-order valence-corrected chi connectivity index (χ4v) is 3.73. The number of aliphatic hydroxyl groups excluding tert-OH is 1. The lowest BCUT2D eigenvalue weighted by Crippen LogP contribution is -2.54. The summed E-state index contributed by atoms with van der Waals surface area (Å²) in [5.74, 6) is 0. The van der Waals surface area contributed by atoms with Crippen LogP contribution in [0.3, 0.4) is 0 Å². The van der Waals surface area contributed by atoms with Crippen LogP contribution in [0.5, 0.6) is 0 Å². The van der Waals surface area contributed by atoms with Gasteiger partial charge in [-0.2, -0.15) is 0 Å². The summed E-state index contributed by atoms with van der Waals surface area (Å²) in [5, 5.41) is 10.7. The zero-order valence-electron chi connectivity index (χ0n) is 12.7. The molecule has 108 valence electrons. The topological polar surface area (TPSA) is 23.5 Å². The van der Waals surface area contributed by atoms with Crippen LogP contribution in [0, 0.1) is 0 Å².